The fourth-order valence-corrected chi connectivity index (χ4v) is 2.29. The predicted molar refractivity (Wildman–Crippen MR) is 38.7 cm³/mol. The summed E-state index contributed by atoms with van der Waals surface area (Å²) in [6.07, 6.45) is 1.29. The number of halogens is 1. The van der Waals surface area contributed by atoms with Crippen LogP contribution in [0.5, 0.6) is 0 Å². The molecule has 0 saturated carbocycles. The van der Waals surface area contributed by atoms with Crippen molar-refractivity contribution in [3.05, 3.63) is 0 Å². The zero-order valence-electron chi connectivity index (χ0n) is 5.08. The Hall–Kier alpha value is 0.507. The third-order valence-electron chi connectivity index (χ3n) is 1.30. The number of rotatable bonds is 3. The Kier molecular flexibility index (Phi) is 5.00. The van der Waals surface area contributed by atoms with E-state index in [9.17, 15) is 0 Å². The molecule has 0 fully saturated rings. The summed E-state index contributed by atoms with van der Waals surface area (Å²) < 4.78 is 0. The summed E-state index contributed by atoms with van der Waals surface area (Å²) in [4.78, 5) is 0. The third-order valence-corrected chi connectivity index (χ3v) is 3.16. The number of hydrogen-bond donors (Lipinski definition) is 0. The van der Waals surface area contributed by atoms with Crippen molar-refractivity contribution in [1.82, 2.24) is 0 Å². The molecule has 0 aliphatic heterocycles. The Morgan fingerprint density at radius 1 is 1.71 bits per heavy atom. The molecule has 0 N–H and O–H groups in total. The van der Waals surface area contributed by atoms with E-state index in [0.29, 0.717) is 0 Å². The standard InChI is InChI=1S/C5H13ClSi/c1-3-5(2)4-7-6/h5H,3-4,7H2,1-2H3. The molecule has 0 heterocycles. The second-order valence-electron chi connectivity index (χ2n) is 1.99. The fourth-order valence-electron chi connectivity index (χ4n) is 0.390. The molecule has 0 aromatic heterocycles. The summed E-state index contributed by atoms with van der Waals surface area (Å²) in [5, 5.41) is 0. The topological polar surface area (TPSA) is 0 Å². The summed E-state index contributed by atoms with van der Waals surface area (Å²) in [5.74, 6) is 0.879. The average Bonchev–Trinajstić information content (AvgIpc) is 1.68. The molecule has 0 aliphatic rings. The molecule has 2 heteroatoms. The van der Waals surface area contributed by atoms with Crippen molar-refractivity contribution >= 4 is 19.9 Å². The van der Waals surface area contributed by atoms with Crippen LogP contribution >= 0.6 is 11.1 Å². The van der Waals surface area contributed by atoms with Gasteiger partial charge in [0.05, 0.1) is 0 Å². The van der Waals surface area contributed by atoms with Gasteiger partial charge < -0.3 is 0 Å². The summed E-state index contributed by atoms with van der Waals surface area (Å²) in [5.41, 5.74) is 0. The average molecular weight is 137 g/mol. The third kappa shape index (κ3) is 4.36. The first-order valence-corrected chi connectivity index (χ1v) is 6.01. The van der Waals surface area contributed by atoms with E-state index in [1.807, 2.05) is 0 Å². The van der Waals surface area contributed by atoms with Gasteiger partial charge in [-0.25, -0.2) is 0 Å². The maximum atomic E-state index is 5.61. The van der Waals surface area contributed by atoms with Crippen molar-refractivity contribution < 1.29 is 0 Å². The van der Waals surface area contributed by atoms with Gasteiger partial charge >= 0.3 is 0 Å². The monoisotopic (exact) mass is 136 g/mol. The van der Waals surface area contributed by atoms with Gasteiger partial charge in [0.15, 0.2) is 0 Å². The minimum Gasteiger partial charge on any atom is -0.176 e. The first-order chi connectivity index (χ1) is 3.31. The molecule has 0 amide bonds. The first kappa shape index (κ1) is 7.51. The van der Waals surface area contributed by atoms with Crippen LogP contribution in [0.15, 0.2) is 0 Å². The Morgan fingerprint density at radius 2 is 2.29 bits per heavy atom. The van der Waals surface area contributed by atoms with E-state index in [2.05, 4.69) is 13.8 Å². The van der Waals surface area contributed by atoms with Crippen LogP contribution in [0.25, 0.3) is 0 Å². The smallest absolute Gasteiger partial charge is 0.125 e. The van der Waals surface area contributed by atoms with Crippen molar-refractivity contribution in [1.29, 1.82) is 0 Å². The van der Waals surface area contributed by atoms with Gasteiger partial charge in [-0.1, -0.05) is 20.3 Å². The van der Waals surface area contributed by atoms with E-state index < -0.39 is 0 Å². The molecule has 7 heavy (non-hydrogen) atoms. The molecule has 1 atom stereocenters. The second kappa shape index (κ2) is 4.66. The lowest BCUT2D eigenvalue weighted by atomic mass is 10.2. The second-order valence-corrected chi connectivity index (χ2v) is 4.08. The van der Waals surface area contributed by atoms with Crippen LogP contribution in [0.1, 0.15) is 20.3 Å². The van der Waals surface area contributed by atoms with Crippen LogP contribution in [0, 0.1) is 5.92 Å². The first-order valence-electron chi connectivity index (χ1n) is 2.87. The van der Waals surface area contributed by atoms with Gasteiger partial charge in [-0.15, -0.1) is 0 Å². The predicted octanol–water partition coefficient (Wildman–Crippen LogP) is 1.77. The molecule has 44 valence electrons. The lowest BCUT2D eigenvalue weighted by molar-refractivity contribution is 0.624. The molecular weight excluding hydrogens is 124 g/mol. The van der Waals surface area contributed by atoms with Crippen LogP contribution < -0.4 is 0 Å². The van der Waals surface area contributed by atoms with Crippen LogP contribution in [0.4, 0.5) is 0 Å². The molecule has 0 nitrogen and oxygen atoms in total. The molecule has 0 spiro atoms. The van der Waals surface area contributed by atoms with Gasteiger partial charge in [-0.2, -0.15) is 11.1 Å². The van der Waals surface area contributed by atoms with Gasteiger partial charge in [0, 0.05) is 0 Å². The van der Waals surface area contributed by atoms with Crippen LogP contribution in [0.2, 0.25) is 6.04 Å². The zero-order valence-corrected chi connectivity index (χ0v) is 7.25. The molecular formula is C5H13ClSi. The van der Waals surface area contributed by atoms with Gasteiger partial charge in [0.25, 0.3) is 0 Å². The van der Waals surface area contributed by atoms with E-state index in [-0.39, 0.29) is 8.83 Å². The molecule has 0 rings (SSSR count). The van der Waals surface area contributed by atoms with E-state index >= 15 is 0 Å². The lowest BCUT2D eigenvalue weighted by Crippen LogP contribution is -1.91. The van der Waals surface area contributed by atoms with Crippen molar-refractivity contribution in [3.63, 3.8) is 0 Å². The Morgan fingerprint density at radius 3 is 2.43 bits per heavy atom. The molecule has 0 aliphatic carbocycles. The minimum absolute atomic E-state index is 0.172. The number of hydrogen-bond acceptors (Lipinski definition) is 0. The quantitative estimate of drug-likeness (QED) is 0.410. The van der Waals surface area contributed by atoms with Crippen LogP contribution in [-0.2, 0) is 0 Å². The fraction of sp³-hybridized carbons (Fsp3) is 1.00. The van der Waals surface area contributed by atoms with Crippen molar-refractivity contribution in [2.24, 2.45) is 5.92 Å². The Bertz CT molecular complexity index is 39.1. The molecule has 0 saturated heterocycles. The van der Waals surface area contributed by atoms with Crippen LogP contribution in [-0.4, -0.2) is 8.83 Å². The molecule has 1 unspecified atom stereocenters. The minimum atomic E-state index is -0.172. The van der Waals surface area contributed by atoms with Crippen molar-refractivity contribution in [2.75, 3.05) is 0 Å². The largest absolute Gasteiger partial charge is 0.176 e. The van der Waals surface area contributed by atoms with Crippen molar-refractivity contribution in [3.8, 4) is 0 Å². The molecule has 0 aromatic rings. The van der Waals surface area contributed by atoms with Crippen molar-refractivity contribution in [2.45, 2.75) is 26.3 Å². The van der Waals surface area contributed by atoms with E-state index in [1.54, 1.807) is 0 Å². The maximum Gasteiger partial charge on any atom is 0.125 e. The van der Waals surface area contributed by atoms with Gasteiger partial charge in [-0.05, 0) is 12.0 Å². The highest BCUT2D eigenvalue weighted by atomic mass is 35.6. The van der Waals surface area contributed by atoms with E-state index in [4.69, 9.17) is 11.1 Å². The summed E-state index contributed by atoms with van der Waals surface area (Å²) >= 11 is 5.61. The van der Waals surface area contributed by atoms with Gasteiger partial charge in [0.1, 0.15) is 8.83 Å². The lowest BCUT2D eigenvalue weighted by Gasteiger charge is -2.01. The summed E-state index contributed by atoms with van der Waals surface area (Å²) in [6.45, 7) is 4.47. The highest BCUT2D eigenvalue weighted by Gasteiger charge is 1.94. The normalized spacial score (nSPS) is 15.9. The Balaban J connectivity index is 2.83. The summed E-state index contributed by atoms with van der Waals surface area (Å²) in [6, 6.07) is 1.30. The molecule has 0 aromatic carbocycles. The van der Waals surface area contributed by atoms with Gasteiger partial charge in [0.2, 0.25) is 0 Å². The molecule has 0 bridgehead atoms. The maximum absolute atomic E-state index is 5.61. The zero-order chi connectivity index (χ0) is 5.70. The highest BCUT2D eigenvalue weighted by molar-refractivity contribution is 6.93. The SMILES string of the molecule is CCC(C)C[SiH2]Cl. The van der Waals surface area contributed by atoms with E-state index in [0.717, 1.165) is 5.92 Å². The van der Waals surface area contributed by atoms with Gasteiger partial charge in [-0.3, -0.25) is 0 Å². The van der Waals surface area contributed by atoms with Crippen LogP contribution in [0.3, 0.4) is 0 Å². The molecule has 0 radical (unpaired) electrons. The van der Waals surface area contributed by atoms with E-state index in [1.165, 1.54) is 12.5 Å². The Labute approximate surface area is 52.8 Å². The highest BCUT2D eigenvalue weighted by Crippen LogP contribution is 2.05. The summed E-state index contributed by atoms with van der Waals surface area (Å²) in [7, 11) is -0.172.